The van der Waals surface area contributed by atoms with Crippen LogP contribution >= 0.6 is 0 Å². The van der Waals surface area contributed by atoms with E-state index in [9.17, 15) is 4.79 Å². The molecule has 0 spiro atoms. The first-order valence-corrected chi connectivity index (χ1v) is 7.03. The number of benzene rings is 1. The highest BCUT2D eigenvalue weighted by Crippen LogP contribution is 2.31. The smallest absolute Gasteiger partial charge is 0.239 e. The van der Waals surface area contributed by atoms with E-state index in [1.165, 1.54) is 5.69 Å². The molecule has 0 aliphatic carbocycles. The van der Waals surface area contributed by atoms with Crippen molar-refractivity contribution in [3.05, 3.63) is 24.3 Å². The number of nitrogens with zero attached hydrogens (tertiary/aromatic N) is 2. The fraction of sp³-hybridized carbons (Fsp3) is 0.533. The van der Waals surface area contributed by atoms with Crippen LogP contribution in [0, 0.1) is 0 Å². The minimum atomic E-state index is 0.0699. The van der Waals surface area contributed by atoms with E-state index in [1.54, 1.807) is 7.11 Å². The van der Waals surface area contributed by atoms with Crippen LogP contribution in [-0.4, -0.2) is 52.9 Å². The summed E-state index contributed by atoms with van der Waals surface area (Å²) in [6, 6.07) is 8.21. The van der Waals surface area contributed by atoms with Gasteiger partial charge in [0.05, 0.1) is 17.9 Å². The molecular formula is C15H23N3O2. The quantitative estimate of drug-likeness (QED) is 0.791. The lowest BCUT2D eigenvalue weighted by molar-refractivity contribution is -0.119. The molecule has 0 fully saturated rings. The van der Waals surface area contributed by atoms with Gasteiger partial charge in [-0.15, -0.1) is 0 Å². The van der Waals surface area contributed by atoms with Gasteiger partial charge in [-0.1, -0.05) is 12.1 Å². The van der Waals surface area contributed by atoms with Gasteiger partial charge in [0.25, 0.3) is 0 Å². The Kier molecular flexibility index (Phi) is 5.24. The highest BCUT2D eigenvalue weighted by molar-refractivity contribution is 5.84. The van der Waals surface area contributed by atoms with Crippen molar-refractivity contribution >= 4 is 17.3 Å². The van der Waals surface area contributed by atoms with Crippen molar-refractivity contribution in [1.82, 2.24) is 5.32 Å². The number of amides is 1. The van der Waals surface area contributed by atoms with Gasteiger partial charge in [0.15, 0.2) is 0 Å². The normalized spacial score (nSPS) is 14.1. The van der Waals surface area contributed by atoms with Crippen molar-refractivity contribution in [3.8, 4) is 0 Å². The van der Waals surface area contributed by atoms with Crippen LogP contribution in [0.25, 0.3) is 0 Å². The van der Waals surface area contributed by atoms with Crippen LogP contribution < -0.4 is 15.1 Å². The Morgan fingerprint density at radius 2 is 2.05 bits per heavy atom. The molecule has 2 rings (SSSR count). The molecule has 1 aliphatic rings. The molecule has 1 amide bonds. The monoisotopic (exact) mass is 277 g/mol. The molecule has 20 heavy (non-hydrogen) atoms. The Morgan fingerprint density at radius 1 is 1.30 bits per heavy atom. The molecule has 1 heterocycles. The van der Waals surface area contributed by atoms with Crippen LogP contribution in [0.5, 0.6) is 0 Å². The molecule has 5 heteroatoms. The maximum Gasteiger partial charge on any atom is 0.239 e. The molecule has 0 aromatic heterocycles. The third-order valence-corrected chi connectivity index (χ3v) is 3.52. The zero-order chi connectivity index (χ0) is 14.4. The number of nitrogens with one attached hydrogen (secondary N) is 1. The summed E-state index contributed by atoms with van der Waals surface area (Å²) in [5, 5.41) is 2.93. The lowest BCUT2D eigenvalue weighted by atomic mass is 10.1. The maximum absolute atomic E-state index is 12.0. The van der Waals surface area contributed by atoms with Crippen LogP contribution in [0.1, 0.15) is 6.42 Å². The number of para-hydroxylation sites is 2. The third-order valence-electron chi connectivity index (χ3n) is 3.52. The summed E-state index contributed by atoms with van der Waals surface area (Å²) in [4.78, 5) is 16.3. The topological polar surface area (TPSA) is 44.8 Å². The molecule has 110 valence electrons. The number of carbonyl (C=O) groups is 1. The van der Waals surface area contributed by atoms with E-state index in [-0.39, 0.29) is 5.91 Å². The second-order valence-electron chi connectivity index (χ2n) is 5.03. The molecule has 0 saturated heterocycles. The number of likely N-dealkylation sites (N-methyl/N-ethyl adjacent to an activating group) is 1. The van der Waals surface area contributed by atoms with Crippen LogP contribution in [0.2, 0.25) is 0 Å². The Bertz CT molecular complexity index is 450. The second-order valence-corrected chi connectivity index (χ2v) is 5.03. The molecule has 0 bridgehead atoms. The van der Waals surface area contributed by atoms with E-state index < -0.39 is 0 Å². The first-order chi connectivity index (χ1) is 9.72. The first kappa shape index (κ1) is 14.7. The molecule has 1 aromatic carbocycles. The van der Waals surface area contributed by atoms with E-state index in [0.717, 1.165) is 25.2 Å². The van der Waals surface area contributed by atoms with Gasteiger partial charge in [0, 0.05) is 40.4 Å². The highest BCUT2D eigenvalue weighted by Gasteiger charge is 2.21. The van der Waals surface area contributed by atoms with Crippen molar-refractivity contribution in [2.24, 2.45) is 0 Å². The first-order valence-electron chi connectivity index (χ1n) is 7.03. The molecule has 0 unspecified atom stereocenters. The van der Waals surface area contributed by atoms with Crippen LogP contribution in [-0.2, 0) is 9.53 Å². The van der Waals surface area contributed by atoms with Gasteiger partial charge >= 0.3 is 0 Å². The predicted molar refractivity (Wildman–Crippen MR) is 81.4 cm³/mol. The van der Waals surface area contributed by atoms with Crippen LogP contribution in [0.15, 0.2) is 24.3 Å². The Hall–Kier alpha value is -1.75. The molecule has 1 aromatic rings. The van der Waals surface area contributed by atoms with E-state index in [1.807, 2.05) is 12.1 Å². The van der Waals surface area contributed by atoms with Crippen LogP contribution in [0.4, 0.5) is 11.4 Å². The number of fused-ring (bicyclic) bond motifs is 1. The number of ether oxygens (including phenoxy) is 1. The maximum atomic E-state index is 12.0. The number of hydrogen-bond donors (Lipinski definition) is 1. The number of anilines is 2. The molecule has 1 N–H and O–H groups in total. The molecule has 0 atom stereocenters. The van der Waals surface area contributed by atoms with Crippen LogP contribution in [0.3, 0.4) is 0 Å². The summed E-state index contributed by atoms with van der Waals surface area (Å²) in [5.74, 6) is 0.0699. The zero-order valence-corrected chi connectivity index (χ0v) is 12.3. The largest absolute Gasteiger partial charge is 0.385 e. The zero-order valence-electron chi connectivity index (χ0n) is 12.3. The summed E-state index contributed by atoms with van der Waals surface area (Å²) in [7, 11) is 3.75. The van der Waals surface area contributed by atoms with E-state index in [0.29, 0.717) is 19.7 Å². The summed E-state index contributed by atoms with van der Waals surface area (Å²) in [6.07, 6.45) is 0.849. The second kappa shape index (κ2) is 7.14. The number of rotatable bonds is 6. The summed E-state index contributed by atoms with van der Waals surface area (Å²) in [6.45, 7) is 3.57. The average molecular weight is 277 g/mol. The summed E-state index contributed by atoms with van der Waals surface area (Å²) in [5.41, 5.74) is 2.32. The molecular weight excluding hydrogens is 254 g/mol. The Morgan fingerprint density at radius 3 is 2.80 bits per heavy atom. The van der Waals surface area contributed by atoms with Crippen molar-refractivity contribution in [1.29, 1.82) is 0 Å². The lowest BCUT2D eigenvalue weighted by Gasteiger charge is -2.36. The van der Waals surface area contributed by atoms with E-state index >= 15 is 0 Å². The number of methoxy groups -OCH3 is 1. The highest BCUT2D eigenvalue weighted by atomic mass is 16.5. The van der Waals surface area contributed by atoms with Crippen molar-refractivity contribution < 1.29 is 9.53 Å². The van der Waals surface area contributed by atoms with Crippen molar-refractivity contribution in [3.63, 3.8) is 0 Å². The molecule has 0 saturated carbocycles. The van der Waals surface area contributed by atoms with Gasteiger partial charge in [-0.05, 0) is 18.6 Å². The van der Waals surface area contributed by atoms with Gasteiger partial charge in [-0.25, -0.2) is 0 Å². The van der Waals surface area contributed by atoms with Gasteiger partial charge in [0.2, 0.25) is 5.91 Å². The minimum Gasteiger partial charge on any atom is -0.385 e. The summed E-state index contributed by atoms with van der Waals surface area (Å²) >= 11 is 0. The average Bonchev–Trinajstić information content (AvgIpc) is 2.47. The Balaban J connectivity index is 1.90. The standard InChI is InChI=1S/C15H23N3O2/c1-17-9-10-18(14-7-4-3-6-13(14)17)12-15(19)16-8-5-11-20-2/h3-4,6-7H,5,8-12H2,1-2H3,(H,16,19). The fourth-order valence-electron chi connectivity index (χ4n) is 2.40. The van der Waals surface area contributed by atoms with Gasteiger partial charge in [0.1, 0.15) is 0 Å². The van der Waals surface area contributed by atoms with Gasteiger partial charge in [-0.2, -0.15) is 0 Å². The lowest BCUT2D eigenvalue weighted by Crippen LogP contribution is -2.44. The number of hydrogen-bond acceptors (Lipinski definition) is 4. The molecule has 1 aliphatic heterocycles. The number of carbonyl (C=O) groups excluding carboxylic acids is 1. The fourth-order valence-corrected chi connectivity index (χ4v) is 2.40. The summed E-state index contributed by atoms with van der Waals surface area (Å²) < 4.78 is 4.96. The molecule has 5 nitrogen and oxygen atoms in total. The van der Waals surface area contributed by atoms with Gasteiger partial charge < -0.3 is 19.9 Å². The Labute approximate surface area is 120 Å². The third kappa shape index (κ3) is 3.63. The van der Waals surface area contributed by atoms with Crippen molar-refractivity contribution in [2.75, 3.05) is 56.7 Å². The SMILES string of the molecule is COCCCNC(=O)CN1CCN(C)c2ccccc21. The predicted octanol–water partition coefficient (Wildman–Crippen LogP) is 1.10. The van der Waals surface area contributed by atoms with Gasteiger partial charge in [-0.3, -0.25) is 4.79 Å². The van der Waals surface area contributed by atoms with E-state index in [4.69, 9.17) is 4.74 Å². The minimum absolute atomic E-state index is 0.0699. The molecule has 0 radical (unpaired) electrons. The van der Waals surface area contributed by atoms with Crippen molar-refractivity contribution in [2.45, 2.75) is 6.42 Å². The van der Waals surface area contributed by atoms with E-state index in [2.05, 4.69) is 34.3 Å².